The van der Waals surface area contributed by atoms with Crippen molar-refractivity contribution in [2.45, 2.75) is 6.92 Å². The van der Waals surface area contributed by atoms with Crippen LogP contribution in [0.5, 0.6) is 5.75 Å². The first-order valence-electron chi connectivity index (χ1n) is 5.29. The molecule has 0 radical (unpaired) electrons. The Labute approximate surface area is 113 Å². The first-order valence-corrected chi connectivity index (χ1v) is 6.08. The molecule has 6 heteroatoms. The molecule has 0 N–H and O–H groups in total. The van der Waals surface area contributed by atoms with Gasteiger partial charge >= 0.3 is 0 Å². The summed E-state index contributed by atoms with van der Waals surface area (Å²) in [6.45, 7) is 1.89. The van der Waals surface area contributed by atoms with Gasteiger partial charge in [-0.1, -0.05) is 5.21 Å². The first kappa shape index (κ1) is 12.8. The number of halogens is 1. The van der Waals surface area contributed by atoms with E-state index in [0.717, 1.165) is 11.3 Å². The van der Waals surface area contributed by atoms with Gasteiger partial charge in [-0.2, -0.15) is 0 Å². The Kier molecular flexibility index (Phi) is 3.47. The van der Waals surface area contributed by atoms with Crippen LogP contribution in [0.4, 0.5) is 0 Å². The largest absolute Gasteiger partial charge is 0.496 e. The molecule has 1 heterocycles. The number of hydrogen-bond donors (Lipinski definition) is 0. The van der Waals surface area contributed by atoms with E-state index in [0.29, 0.717) is 15.9 Å². The summed E-state index contributed by atoms with van der Waals surface area (Å²) in [5.41, 5.74) is 1.92. The molecule has 1 aromatic carbocycles. The molecule has 94 valence electrons. The van der Waals surface area contributed by atoms with Crippen LogP contribution in [-0.4, -0.2) is 27.9 Å². The molecule has 2 aromatic rings. The highest BCUT2D eigenvalue weighted by atomic mass is 79.9. The van der Waals surface area contributed by atoms with Gasteiger partial charge in [0.05, 0.1) is 7.11 Å². The normalized spacial score (nSPS) is 10.4. The molecular weight excluding hydrogens is 298 g/mol. The van der Waals surface area contributed by atoms with Gasteiger partial charge < -0.3 is 4.74 Å². The third kappa shape index (κ3) is 2.15. The van der Waals surface area contributed by atoms with Gasteiger partial charge in [-0.05, 0) is 46.6 Å². The van der Waals surface area contributed by atoms with Gasteiger partial charge in [0, 0.05) is 12.6 Å². The highest BCUT2D eigenvalue weighted by Gasteiger charge is 2.19. The Hall–Kier alpha value is -1.69. The number of benzene rings is 1. The zero-order chi connectivity index (χ0) is 13.3. The summed E-state index contributed by atoms with van der Waals surface area (Å²) < 4.78 is 7.07. The van der Waals surface area contributed by atoms with Crippen LogP contribution >= 0.6 is 15.9 Å². The highest BCUT2D eigenvalue weighted by molar-refractivity contribution is 9.10. The molecule has 18 heavy (non-hydrogen) atoms. The number of carbonyl (C=O) groups excluding carboxylic acids is 1. The molecule has 0 unspecified atom stereocenters. The maximum absolute atomic E-state index is 12.3. The fourth-order valence-electron chi connectivity index (χ4n) is 1.73. The Morgan fingerprint density at radius 3 is 2.67 bits per heavy atom. The molecule has 0 saturated heterocycles. The summed E-state index contributed by atoms with van der Waals surface area (Å²) in [6, 6.07) is 5.30. The highest BCUT2D eigenvalue weighted by Crippen LogP contribution is 2.22. The van der Waals surface area contributed by atoms with Gasteiger partial charge in [0.1, 0.15) is 11.4 Å². The van der Waals surface area contributed by atoms with Gasteiger partial charge in [0.25, 0.3) is 0 Å². The second kappa shape index (κ2) is 4.89. The lowest BCUT2D eigenvalue weighted by Gasteiger charge is -2.06. The number of rotatable bonds is 3. The molecule has 0 bridgehead atoms. The van der Waals surface area contributed by atoms with E-state index in [-0.39, 0.29) is 5.78 Å². The van der Waals surface area contributed by atoms with E-state index >= 15 is 0 Å². The standard InChI is InChI=1S/C12H12BrN3O2/c1-7-6-8(4-5-9(7)18-3)11(17)10-12(13)14-15-16(10)2/h4-6H,1-3H3. The minimum atomic E-state index is -0.125. The van der Waals surface area contributed by atoms with Crippen LogP contribution in [0.15, 0.2) is 22.8 Å². The minimum Gasteiger partial charge on any atom is -0.496 e. The predicted octanol–water partition coefficient (Wildman–Crippen LogP) is 2.13. The smallest absolute Gasteiger partial charge is 0.213 e. The van der Waals surface area contributed by atoms with Crippen molar-refractivity contribution in [2.75, 3.05) is 7.11 Å². The summed E-state index contributed by atoms with van der Waals surface area (Å²) in [5, 5.41) is 7.60. The molecular formula is C12H12BrN3O2. The lowest BCUT2D eigenvalue weighted by atomic mass is 10.1. The number of methoxy groups -OCH3 is 1. The second-order valence-electron chi connectivity index (χ2n) is 3.87. The average molecular weight is 310 g/mol. The van der Waals surface area contributed by atoms with Crippen molar-refractivity contribution in [3.05, 3.63) is 39.6 Å². The molecule has 0 aliphatic rings. The van der Waals surface area contributed by atoms with E-state index in [1.165, 1.54) is 4.68 Å². The van der Waals surface area contributed by atoms with E-state index < -0.39 is 0 Å². The van der Waals surface area contributed by atoms with Crippen LogP contribution in [0.1, 0.15) is 21.6 Å². The topological polar surface area (TPSA) is 57.0 Å². The number of ketones is 1. The van der Waals surface area contributed by atoms with Gasteiger partial charge in [-0.3, -0.25) is 4.79 Å². The van der Waals surface area contributed by atoms with Crippen LogP contribution in [0.2, 0.25) is 0 Å². The van der Waals surface area contributed by atoms with Crippen molar-refractivity contribution in [1.82, 2.24) is 15.0 Å². The third-order valence-corrected chi connectivity index (χ3v) is 3.19. The second-order valence-corrected chi connectivity index (χ2v) is 4.62. The summed E-state index contributed by atoms with van der Waals surface area (Å²) >= 11 is 3.22. The van der Waals surface area contributed by atoms with Crippen LogP contribution in [0.25, 0.3) is 0 Å². The first-order chi connectivity index (χ1) is 8.54. The summed E-state index contributed by atoms with van der Waals surface area (Å²) in [7, 11) is 3.28. The number of hydrogen-bond acceptors (Lipinski definition) is 4. The van der Waals surface area contributed by atoms with E-state index in [9.17, 15) is 4.79 Å². The van der Waals surface area contributed by atoms with Crippen molar-refractivity contribution in [1.29, 1.82) is 0 Å². The fourth-order valence-corrected chi connectivity index (χ4v) is 2.24. The Bertz CT molecular complexity index is 588. The molecule has 0 amide bonds. The van der Waals surface area contributed by atoms with E-state index in [4.69, 9.17) is 4.74 Å². The maximum atomic E-state index is 12.3. The predicted molar refractivity (Wildman–Crippen MR) is 69.9 cm³/mol. The number of ether oxygens (including phenoxy) is 1. The van der Waals surface area contributed by atoms with Gasteiger partial charge in [0.15, 0.2) is 4.60 Å². The molecule has 0 aliphatic carbocycles. The van der Waals surface area contributed by atoms with Crippen molar-refractivity contribution >= 4 is 21.7 Å². The summed E-state index contributed by atoms with van der Waals surface area (Å²) in [4.78, 5) is 12.3. The van der Waals surface area contributed by atoms with Crippen LogP contribution in [0.3, 0.4) is 0 Å². The quantitative estimate of drug-likeness (QED) is 0.815. The molecule has 0 atom stereocenters. The van der Waals surface area contributed by atoms with Crippen molar-refractivity contribution < 1.29 is 9.53 Å². The lowest BCUT2D eigenvalue weighted by molar-refractivity contribution is 0.102. The van der Waals surface area contributed by atoms with Gasteiger partial charge in [-0.25, -0.2) is 4.68 Å². The van der Waals surface area contributed by atoms with Crippen molar-refractivity contribution in [2.24, 2.45) is 7.05 Å². The Morgan fingerprint density at radius 1 is 1.44 bits per heavy atom. The summed E-state index contributed by atoms with van der Waals surface area (Å²) in [5.74, 6) is 0.633. The number of nitrogens with zero attached hydrogens (tertiary/aromatic N) is 3. The number of aromatic nitrogens is 3. The van der Waals surface area contributed by atoms with Crippen LogP contribution in [0, 0.1) is 6.92 Å². The summed E-state index contributed by atoms with van der Waals surface area (Å²) in [6.07, 6.45) is 0. The van der Waals surface area contributed by atoms with Gasteiger partial charge in [0.2, 0.25) is 5.78 Å². The Balaban J connectivity index is 2.44. The fraction of sp³-hybridized carbons (Fsp3) is 0.250. The van der Waals surface area contributed by atoms with E-state index in [1.54, 1.807) is 32.4 Å². The van der Waals surface area contributed by atoms with Crippen LogP contribution in [-0.2, 0) is 7.05 Å². The van der Waals surface area contributed by atoms with Crippen LogP contribution < -0.4 is 4.74 Å². The number of carbonyl (C=O) groups is 1. The lowest BCUT2D eigenvalue weighted by Crippen LogP contribution is -2.09. The minimum absolute atomic E-state index is 0.125. The number of aryl methyl sites for hydroxylation is 2. The molecule has 0 saturated carbocycles. The average Bonchev–Trinajstić information content (AvgIpc) is 2.68. The van der Waals surface area contributed by atoms with Crippen molar-refractivity contribution in [3.63, 3.8) is 0 Å². The molecule has 0 aliphatic heterocycles. The maximum Gasteiger partial charge on any atom is 0.213 e. The van der Waals surface area contributed by atoms with Crippen molar-refractivity contribution in [3.8, 4) is 5.75 Å². The van der Waals surface area contributed by atoms with Gasteiger partial charge in [-0.15, -0.1) is 5.10 Å². The van der Waals surface area contributed by atoms with E-state index in [2.05, 4.69) is 26.2 Å². The molecule has 5 nitrogen and oxygen atoms in total. The van der Waals surface area contributed by atoms with E-state index in [1.807, 2.05) is 6.92 Å². The molecule has 0 fully saturated rings. The Morgan fingerprint density at radius 2 is 2.17 bits per heavy atom. The zero-order valence-corrected chi connectivity index (χ0v) is 11.9. The third-order valence-electron chi connectivity index (χ3n) is 2.66. The SMILES string of the molecule is COc1ccc(C(=O)c2c(Br)nnn2C)cc1C. The molecule has 2 rings (SSSR count). The monoisotopic (exact) mass is 309 g/mol. The molecule has 1 aromatic heterocycles. The molecule has 0 spiro atoms. The zero-order valence-electron chi connectivity index (χ0n) is 10.3.